The largest absolute Gasteiger partial charge is 0.512 e. The van der Waals surface area contributed by atoms with Crippen LogP contribution >= 0.6 is 11.3 Å². The van der Waals surface area contributed by atoms with Crippen LogP contribution in [0.1, 0.15) is 37.3 Å². The van der Waals surface area contributed by atoms with E-state index >= 15 is 0 Å². The third kappa shape index (κ3) is 2.97. The molecule has 5 heteroatoms. The van der Waals surface area contributed by atoms with Gasteiger partial charge < -0.3 is 9.84 Å². The Balaban J connectivity index is 2.15. The predicted octanol–water partition coefficient (Wildman–Crippen LogP) is 3.17. The van der Waals surface area contributed by atoms with Crippen LogP contribution in [0.5, 0.6) is 0 Å². The molecule has 0 aliphatic carbocycles. The number of carbonyl (C=O) groups excluding carboxylic acids is 1. The Labute approximate surface area is 117 Å². The number of ether oxygens (including phenoxy) is 1. The van der Waals surface area contributed by atoms with Crippen LogP contribution in [0.15, 0.2) is 17.3 Å². The van der Waals surface area contributed by atoms with Crippen molar-refractivity contribution in [3.63, 3.8) is 0 Å². The van der Waals surface area contributed by atoms with E-state index in [1.165, 1.54) is 4.88 Å². The number of aliphatic hydroxyl groups excluding tert-OH is 1. The Morgan fingerprint density at radius 1 is 1.58 bits per heavy atom. The minimum Gasteiger partial charge on any atom is -0.512 e. The van der Waals surface area contributed by atoms with Crippen LogP contribution in [-0.4, -0.2) is 21.7 Å². The molecule has 1 aromatic heterocycles. The highest BCUT2D eigenvalue weighted by Crippen LogP contribution is 2.36. The molecule has 1 N–H and O–H groups in total. The minimum atomic E-state index is -0.619. The Kier molecular flexibility index (Phi) is 3.94. The van der Waals surface area contributed by atoms with Crippen LogP contribution < -0.4 is 0 Å². The number of aliphatic hydroxyl groups is 1. The quantitative estimate of drug-likeness (QED) is 0.861. The van der Waals surface area contributed by atoms with E-state index in [1.807, 2.05) is 26.3 Å². The maximum absolute atomic E-state index is 11.5. The molecule has 1 unspecified atom stereocenters. The van der Waals surface area contributed by atoms with E-state index in [0.717, 1.165) is 18.2 Å². The molecular formula is C14H19NO3S. The molecular weight excluding hydrogens is 262 g/mol. The van der Waals surface area contributed by atoms with E-state index in [-0.39, 0.29) is 11.7 Å². The number of nitrogens with zero attached hydrogens (tertiary/aromatic N) is 1. The Hall–Kier alpha value is -1.36. The summed E-state index contributed by atoms with van der Waals surface area (Å²) in [6.07, 6.45) is 2.99. The van der Waals surface area contributed by atoms with Crippen molar-refractivity contribution in [2.45, 2.75) is 45.6 Å². The van der Waals surface area contributed by atoms with Crippen LogP contribution in [0, 0.1) is 12.8 Å². The molecule has 1 aliphatic rings. The van der Waals surface area contributed by atoms with Gasteiger partial charge in [-0.15, -0.1) is 11.3 Å². The van der Waals surface area contributed by atoms with Crippen molar-refractivity contribution in [1.29, 1.82) is 0 Å². The summed E-state index contributed by atoms with van der Waals surface area (Å²) in [7, 11) is 0. The fourth-order valence-corrected chi connectivity index (χ4v) is 3.04. The van der Waals surface area contributed by atoms with Crippen LogP contribution in [0.2, 0.25) is 0 Å². The Morgan fingerprint density at radius 2 is 2.32 bits per heavy atom. The van der Waals surface area contributed by atoms with Gasteiger partial charge in [0, 0.05) is 11.3 Å². The van der Waals surface area contributed by atoms with Crippen LogP contribution in [0.25, 0.3) is 0 Å². The molecule has 0 aromatic carbocycles. The van der Waals surface area contributed by atoms with Crippen molar-refractivity contribution in [2.75, 3.05) is 0 Å². The van der Waals surface area contributed by atoms with Gasteiger partial charge in [-0.3, -0.25) is 0 Å². The highest BCUT2D eigenvalue weighted by atomic mass is 32.1. The van der Waals surface area contributed by atoms with E-state index in [9.17, 15) is 9.90 Å². The molecule has 19 heavy (non-hydrogen) atoms. The van der Waals surface area contributed by atoms with Gasteiger partial charge in [0.15, 0.2) is 0 Å². The fraction of sp³-hybridized carbons (Fsp3) is 0.571. The molecule has 2 rings (SSSR count). The van der Waals surface area contributed by atoms with Gasteiger partial charge in [-0.1, -0.05) is 13.8 Å². The number of rotatable bonds is 4. The first kappa shape index (κ1) is 14.1. The zero-order valence-electron chi connectivity index (χ0n) is 11.5. The normalized spacial score (nSPS) is 23.4. The standard InChI is InChI=1S/C14H19NO3S/c1-9(2)14(7-11(16)6-13(17)18-14)5-4-12-10(3)19-8-15-12/h6,8-9,16H,4-5,7H2,1-3H3. The molecule has 0 amide bonds. The van der Waals surface area contributed by atoms with Crippen molar-refractivity contribution in [3.8, 4) is 0 Å². The minimum absolute atomic E-state index is 0.111. The van der Waals surface area contributed by atoms with Crippen molar-refractivity contribution in [3.05, 3.63) is 27.9 Å². The molecule has 0 bridgehead atoms. The van der Waals surface area contributed by atoms with Gasteiger partial charge in [-0.25, -0.2) is 9.78 Å². The molecule has 104 valence electrons. The number of esters is 1. The lowest BCUT2D eigenvalue weighted by Crippen LogP contribution is -2.43. The van der Waals surface area contributed by atoms with Crippen LogP contribution in [0.3, 0.4) is 0 Å². The molecule has 0 fully saturated rings. The molecule has 1 aromatic rings. The van der Waals surface area contributed by atoms with Crippen molar-refractivity contribution < 1.29 is 14.6 Å². The number of aryl methyl sites for hydroxylation is 2. The summed E-state index contributed by atoms with van der Waals surface area (Å²) in [5, 5.41) is 9.72. The van der Waals surface area contributed by atoms with E-state index in [0.29, 0.717) is 12.8 Å². The fourth-order valence-electron chi connectivity index (χ4n) is 2.41. The van der Waals surface area contributed by atoms with Gasteiger partial charge >= 0.3 is 5.97 Å². The van der Waals surface area contributed by atoms with Gasteiger partial charge in [0.1, 0.15) is 11.4 Å². The number of aromatic nitrogens is 1. The SMILES string of the molecule is Cc1scnc1CCC1(C(C)C)CC(O)=CC(=O)O1. The number of thiazole rings is 1. The summed E-state index contributed by atoms with van der Waals surface area (Å²) in [5.41, 5.74) is 2.26. The third-order valence-electron chi connectivity index (χ3n) is 3.75. The van der Waals surface area contributed by atoms with Crippen molar-refractivity contribution >= 4 is 17.3 Å². The second-order valence-electron chi connectivity index (χ2n) is 5.31. The second-order valence-corrected chi connectivity index (χ2v) is 6.37. The molecule has 0 spiro atoms. The van der Waals surface area contributed by atoms with Crippen molar-refractivity contribution in [2.24, 2.45) is 5.92 Å². The Morgan fingerprint density at radius 3 is 2.84 bits per heavy atom. The molecule has 4 nitrogen and oxygen atoms in total. The van der Waals surface area contributed by atoms with E-state index < -0.39 is 11.6 Å². The zero-order chi connectivity index (χ0) is 14.0. The summed E-state index contributed by atoms with van der Waals surface area (Å²) in [5.74, 6) is -0.196. The zero-order valence-corrected chi connectivity index (χ0v) is 12.3. The first-order valence-corrected chi connectivity index (χ1v) is 7.32. The topological polar surface area (TPSA) is 59.4 Å². The summed E-state index contributed by atoms with van der Waals surface area (Å²) in [4.78, 5) is 17.1. The first-order valence-electron chi connectivity index (χ1n) is 6.44. The van der Waals surface area contributed by atoms with E-state index in [2.05, 4.69) is 4.98 Å². The number of hydrogen-bond acceptors (Lipinski definition) is 5. The summed E-state index contributed by atoms with van der Waals surface area (Å²) < 4.78 is 5.54. The van der Waals surface area contributed by atoms with Crippen LogP contribution in [0.4, 0.5) is 0 Å². The molecule has 2 heterocycles. The highest BCUT2D eigenvalue weighted by molar-refractivity contribution is 7.09. The monoisotopic (exact) mass is 281 g/mol. The van der Waals surface area contributed by atoms with Gasteiger partial charge in [0.25, 0.3) is 0 Å². The lowest BCUT2D eigenvalue weighted by atomic mass is 9.80. The van der Waals surface area contributed by atoms with E-state index in [1.54, 1.807) is 11.3 Å². The molecule has 0 radical (unpaired) electrons. The predicted molar refractivity (Wildman–Crippen MR) is 74.2 cm³/mol. The first-order chi connectivity index (χ1) is 8.93. The Bertz CT molecular complexity index is 507. The average Bonchev–Trinajstić information content (AvgIpc) is 2.71. The smallest absolute Gasteiger partial charge is 0.334 e. The lowest BCUT2D eigenvalue weighted by molar-refractivity contribution is -0.163. The summed E-state index contributed by atoms with van der Waals surface area (Å²) in [6.45, 7) is 6.07. The highest BCUT2D eigenvalue weighted by Gasteiger charge is 2.41. The maximum Gasteiger partial charge on any atom is 0.334 e. The van der Waals surface area contributed by atoms with Gasteiger partial charge in [-0.05, 0) is 25.7 Å². The molecule has 1 aliphatic heterocycles. The van der Waals surface area contributed by atoms with Gasteiger partial charge in [0.2, 0.25) is 0 Å². The van der Waals surface area contributed by atoms with Gasteiger partial charge in [-0.2, -0.15) is 0 Å². The van der Waals surface area contributed by atoms with Crippen molar-refractivity contribution in [1.82, 2.24) is 4.98 Å². The number of carbonyl (C=O) groups is 1. The summed E-state index contributed by atoms with van der Waals surface area (Å²) in [6, 6.07) is 0. The second kappa shape index (κ2) is 5.33. The molecule has 0 saturated heterocycles. The summed E-state index contributed by atoms with van der Waals surface area (Å²) >= 11 is 1.62. The lowest BCUT2D eigenvalue weighted by Gasteiger charge is -2.38. The molecule has 0 saturated carbocycles. The number of hydrogen-bond donors (Lipinski definition) is 1. The van der Waals surface area contributed by atoms with Crippen LogP contribution in [-0.2, 0) is 16.0 Å². The van der Waals surface area contributed by atoms with E-state index in [4.69, 9.17) is 4.74 Å². The average molecular weight is 281 g/mol. The number of cyclic esters (lactones) is 1. The maximum atomic E-state index is 11.5. The molecule has 1 atom stereocenters. The van der Waals surface area contributed by atoms with Gasteiger partial charge in [0.05, 0.1) is 17.3 Å². The third-order valence-corrected chi connectivity index (χ3v) is 4.55.